The third kappa shape index (κ3) is 4.96. The van der Waals surface area contributed by atoms with Gasteiger partial charge in [-0.25, -0.2) is 9.67 Å². The predicted molar refractivity (Wildman–Crippen MR) is 80.6 cm³/mol. The molecule has 0 bridgehead atoms. The fraction of sp³-hybridized carbons (Fsp3) is 0.375. The molecule has 126 valence electrons. The quantitative estimate of drug-likeness (QED) is 0.537. The van der Waals surface area contributed by atoms with E-state index >= 15 is 0 Å². The number of likely N-dealkylation sites (tertiary alicyclic amines) is 1. The van der Waals surface area contributed by atoms with Crippen molar-refractivity contribution in [2.75, 3.05) is 13.1 Å². The number of carboxylic acids is 1. The minimum atomic E-state index is -1.22. The van der Waals surface area contributed by atoms with Gasteiger partial charge < -0.3 is 19.9 Å². The van der Waals surface area contributed by atoms with Crippen LogP contribution in [-0.2, 0) is 11.3 Å². The molecule has 1 amide bonds. The molecule has 25 heavy (non-hydrogen) atoms. The Morgan fingerprint density at radius 1 is 1.28 bits per heavy atom. The first-order valence-corrected chi connectivity index (χ1v) is 7.62. The topological polar surface area (TPSA) is 111 Å². The molecule has 2 atom stereocenters. The molecule has 0 saturated carbocycles. The van der Waals surface area contributed by atoms with Gasteiger partial charge in [0.1, 0.15) is 12.7 Å². The Morgan fingerprint density at radius 3 is 2.72 bits per heavy atom. The van der Waals surface area contributed by atoms with Crippen LogP contribution in [0.3, 0.4) is 0 Å². The average Bonchev–Trinajstić information content (AvgIpc) is 3.17. The fourth-order valence-corrected chi connectivity index (χ4v) is 2.96. The Kier molecular flexibility index (Phi) is 7.29. The molecular formula is C16H17KN4O4. The Hall–Kier alpha value is -1.10. The summed E-state index contributed by atoms with van der Waals surface area (Å²) in [4.78, 5) is 28.9. The molecule has 0 spiro atoms. The zero-order valence-corrected chi connectivity index (χ0v) is 17.0. The summed E-state index contributed by atoms with van der Waals surface area (Å²) in [7, 11) is 0. The molecule has 1 N–H and O–H groups in total. The van der Waals surface area contributed by atoms with E-state index in [9.17, 15) is 19.8 Å². The molecule has 0 radical (unpaired) electrons. The molecule has 1 aromatic carbocycles. The van der Waals surface area contributed by atoms with Crippen molar-refractivity contribution in [2.24, 2.45) is 5.92 Å². The number of nitrogens with zero attached hydrogens (tertiary/aromatic N) is 4. The summed E-state index contributed by atoms with van der Waals surface area (Å²) >= 11 is 0. The van der Waals surface area contributed by atoms with Crippen molar-refractivity contribution < 1.29 is 71.2 Å². The average molecular weight is 368 g/mol. The van der Waals surface area contributed by atoms with E-state index in [0.29, 0.717) is 12.1 Å². The number of benzene rings is 1. The van der Waals surface area contributed by atoms with Crippen LogP contribution in [0.4, 0.5) is 0 Å². The standard InChI is InChI=1S/C16H18N4O4.K/c21-14-8-19(6-12(14)5-15(22)23)16(24)13-4-2-1-3-11(13)7-20-10-17-9-18-20;/h1-4,9-10,12,14,21H,5-8H2,(H,22,23);/q;+1/p-1/t12-,14-;/m1./s1. The summed E-state index contributed by atoms with van der Waals surface area (Å²) in [6.45, 7) is 0.723. The van der Waals surface area contributed by atoms with E-state index in [1.54, 1.807) is 23.1 Å². The number of rotatable bonds is 5. The van der Waals surface area contributed by atoms with E-state index < -0.39 is 18.0 Å². The number of hydrogen-bond donors (Lipinski definition) is 1. The monoisotopic (exact) mass is 368 g/mol. The Labute approximate surface area is 187 Å². The van der Waals surface area contributed by atoms with Crippen molar-refractivity contribution in [3.05, 3.63) is 48.0 Å². The maximum Gasteiger partial charge on any atom is 1.00 e. The van der Waals surface area contributed by atoms with Crippen molar-refractivity contribution in [2.45, 2.75) is 19.1 Å². The van der Waals surface area contributed by atoms with Crippen LogP contribution in [0, 0.1) is 5.92 Å². The Bertz CT molecular complexity index is 737. The van der Waals surface area contributed by atoms with Crippen molar-refractivity contribution in [3.63, 3.8) is 0 Å². The van der Waals surface area contributed by atoms with E-state index in [0.717, 1.165) is 5.56 Å². The van der Waals surface area contributed by atoms with Gasteiger partial charge in [-0.2, -0.15) is 5.10 Å². The zero-order chi connectivity index (χ0) is 17.1. The van der Waals surface area contributed by atoms with Crippen LogP contribution in [0.1, 0.15) is 22.3 Å². The van der Waals surface area contributed by atoms with Gasteiger partial charge in [0.25, 0.3) is 5.91 Å². The van der Waals surface area contributed by atoms with E-state index in [1.165, 1.54) is 11.2 Å². The molecule has 2 aromatic rings. The van der Waals surface area contributed by atoms with Crippen LogP contribution >= 0.6 is 0 Å². The van der Waals surface area contributed by atoms with E-state index in [2.05, 4.69) is 10.1 Å². The summed E-state index contributed by atoms with van der Waals surface area (Å²) < 4.78 is 1.61. The predicted octanol–water partition coefficient (Wildman–Crippen LogP) is -4.10. The third-order valence-corrected chi connectivity index (χ3v) is 4.17. The van der Waals surface area contributed by atoms with Gasteiger partial charge in [0.2, 0.25) is 0 Å². The molecule has 2 heterocycles. The van der Waals surface area contributed by atoms with Crippen LogP contribution in [0.15, 0.2) is 36.9 Å². The minimum absolute atomic E-state index is 0. The molecule has 1 aliphatic rings. The first-order valence-electron chi connectivity index (χ1n) is 7.62. The SMILES string of the molecule is O=C([O-])C[C@@H]1CN(C(=O)c2ccccc2Cn2cncn2)C[C@H]1O.[K+]. The number of carbonyl (C=O) groups is 2. The smallest absolute Gasteiger partial charge is 0.550 e. The van der Waals surface area contributed by atoms with Crippen molar-refractivity contribution in [3.8, 4) is 0 Å². The molecule has 8 nitrogen and oxygen atoms in total. The van der Waals surface area contributed by atoms with Crippen LogP contribution in [0.25, 0.3) is 0 Å². The summed E-state index contributed by atoms with van der Waals surface area (Å²) in [5.41, 5.74) is 1.29. The maximum absolute atomic E-state index is 12.8. The van der Waals surface area contributed by atoms with Gasteiger partial charge in [-0.1, -0.05) is 18.2 Å². The number of aromatic nitrogens is 3. The van der Waals surface area contributed by atoms with Crippen molar-refractivity contribution in [1.82, 2.24) is 19.7 Å². The normalized spacial score (nSPS) is 19.5. The first kappa shape index (κ1) is 20.2. The number of β-amino-alcohol motifs (C(OH)–C–C–N with tert-alkyl or cyclic N) is 1. The molecule has 1 aliphatic heterocycles. The molecular weight excluding hydrogens is 351 g/mol. The van der Waals surface area contributed by atoms with Crippen molar-refractivity contribution >= 4 is 11.9 Å². The molecule has 1 saturated heterocycles. The number of carboxylic acid groups (broad SMARTS) is 1. The molecule has 1 fully saturated rings. The molecule has 9 heteroatoms. The van der Waals surface area contributed by atoms with Gasteiger partial charge in [-0.05, 0) is 18.1 Å². The number of aliphatic hydroxyl groups excluding tert-OH is 1. The van der Waals surface area contributed by atoms with Crippen LogP contribution in [-0.4, -0.2) is 55.8 Å². The second-order valence-electron chi connectivity index (χ2n) is 5.86. The number of hydrogen-bond acceptors (Lipinski definition) is 6. The third-order valence-electron chi connectivity index (χ3n) is 4.17. The Balaban J connectivity index is 0.00000225. The van der Waals surface area contributed by atoms with E-state index in [4.69, 9.17) is 0 Å². The van der Waals surface area contributed by atoms with Gasteiger partial charge in [-0.15, -0.1) is 0 Å². The van der Waals surface area contributed by atoms with Gasteiger partial charge in [-0.3, -0.25) is 4.79 Å². The largest absolute Gasteiger partial charge is 1.00 e. The Morgan fingerprint density at radius 2 is 2.04 bits per heavy atom. The van der Waals surface area contributed by atoms with Gasteiger partial charge in [0.15, 0.2) is 0 Å². The minimum Gasteiger partial charge on any atom is -0.550 e. The molecule has 0 unspecified atom stereocenters. The summed E-state index contributed by atoms with van der Waals surface area (Å²) in [6, 6.07) is 7.15. The first-order chi connectivity index (χ1) is 11.5. The maximum atomic E-state index is 12.8. The van der Waals surface area contributed by atoms with Gasteiger partial charge in [0, 0.05) is 30.5 Å². The van der Waals surface area contributed by atoms with Gasteiger partial charge >= 0.3 is 51.4 Å². The summed E-state index contributed by atoms with van der Waals surface area (Å²) in [6.07, 6.45) is 1.88. The number of aliphatic carboxylic acids is 1. The summed E-state index contributed by atoms with van der Waals surface area (Å²) in [5, 5.41) is 24.7. The second kappa shape index (κ2) is 9.01. The zero-order valence-electron chi connectivity index (χ0n) is 13.9. The second-order valence-corrected chi connectivity index (χ2v) is 5.86. The van der Waals surface area contributed by atoms with E-state index in [1.807, 2.05) is 12.1 Å². The number of carbonyl (C=O) groups excluding carboxylic acids is 2. The van der Waals surface area contributed by atoms with Crippen LogP contribution in [0.5, 0.6) is 0 Å². The molecule has 3 rings (SSSR count). The molecule has 0 aliphatic carbocycles. The van der Waals surface area contributed by atoms with Crippen LogP contribution < -0.4 is 56.5 Å². The molecule has 1 aromatic heterocycles. The number of amides is 1. The van der Waals surface area contributed by atoms with Gasteiger partial charge in [0.05, 0.1) is 12.6 Å². The summed E-state index contributed by atoms with van der Waals surface area (Å²) in [5.74, 6) is -1.95. The number of aliphatic hydroxyl groups is 1. The van der Waals surface area contributed by atoms with E-state index in [-0.39, 0.29) is 76.8 Å². The fourth-order valence-electron chi connectivity index (χ4n) is 2.96. The van der Waals surface area contributed by atoms with Crippen molar-refractivity contribution in [1.29, 1.82) is 0 Å². The van der Waals surface area contributed by atoms with Crippen LogP contribution in [0.2, 0.25) is 0 Å².